The number of allylic oxidation sites excluding steroid dienone is 1. The molecule has 1 atom stereocenters. The van der Waals surface area contributed by atoms with Crippen molar-refractivity contribution in [2.75, 3.05) is 56.1 Å². The summed E-state index contributed by atoms with van der Waals surface area (Å²) in [4.78, 5) is 25.4. The Labute approximate surface area is 236 Å². The first kappa shape index (κ1) is 29.1. The fourth-order valence-electron chi connectivity index (χ4n) is 4.49. The lowest BCUT2D eigenvalue weighted by molar-refractivity contribution is 0.0588. The van der Waals surface area contributed by atoms with Gasteiger partial charge in [0.15, 0.2) is 0 Å². The summed E-state index contributed by atoms with van der Waals surface area (Å²) in [6, 6.07) is 9.82. The van der Waals surface area contributed by atoms with Gasteiger partial charge in [-0.25, -0.2) is 14.8 Å². The van der Waals surface area contributed by atoms with Crippen LogP contribution in [-0.2, 0) is 14.2 Å². The molecule has 0 spiro atoms. The molecular formula is C30H39N5O5. The maximum atomic E-state index is 12.4. The Morgan fingerprint density at radius 1 is 1.20 bits per heavy atom. The van der Waals surface area contributed by atoms with Crippen molar-refractivity contribution < 1.29 is 24.1 Å². The number of hydrogen-bond donors (Lipinski definition) is 2. The molecule has 0 fully saturated rings. The molecule has 0 saturated carbocycles. The molecule has 1 unspecified atom stereocenters. The van der Waals surface area contributed by atoms with Crippen molar-refractivity contribution in [1.82, 2.24) is 4.98 Å². The number of nitrogens with one attached hydrogen (secondary N) is 1. The van der Waals surface area contributed by atoms with Gasteiger partial charge in [0.2, 0.25) is 0 Å². The number of pyridine rings is 1. The Hall–Kier alpha value is -3.89. The number of aliphatic imine (C=N–C) groups is 1. The zero-order valence-electron chi connectivity index (χ0n) is 24.1. The van der Waals surface area contributed by atoms with Crippen LogP contribution in [0.2, 0.25) is 0 Å². The van der Waals surface area contributed by atoms with Gasteiger partial charge in [-0.15, -0.1) is 0 Å². The van der Waals surface area contributed by atoms with E-state index < -0.39 is 11.7 Å². The molecule has 2 N–H and O–H groups in total. The van der Waals surface area contributed by atoms with Crippen LogP contribution in [0.25, 0.3) is 0 Å². The second-order valence-electron chi connectivity index (χ2n) is 10.7. The Kier molecular flexibility index (Phi) is 9.11. The number of methoxy groups -OCH3 is 2. The van der Waals surface area contributed by atoms with E-state index in [1.54, 1.807) is 33.5 Å². The largest absolute Gasteiger partial charge is 0.497 e. The van der Waals surface area contributed by atoms with Crippen LogP contribution < -0.4 is 15.1 Å². The number of anilines is 3. The van der Waals surface area contributed by atoms with E-state index in [0.29, 0.717) is 31.7 Å². The minimum atomic E-state index is -0.588. The van der Waals surface area contributed by atoms with Gasteiger partial charge in [0.05, 0.1) is 36.8 Å². The standard InChI is InChI=1S/C30H39N5O5/c1-30(2,3)40-29(37)34(4)28-11-8-20(18-32-28)27-19-31-25-10-9-21(16-26(25)33-27)35(12-7-13-36)22-14-23(38-5)17-24(15-22)39-6/h8-11,14,16-18,24,31,36H,7,12-13,15,19H2,1-6H3. The van der Waals surface area contributed by atoms with Gasteiger partial charge in [-0.3, -0.25) is 4.90 Å². The lowest BCUT2D eigenvalue weighted by Gasteiger charge is -2.32. The van der Waals surface area contributed by atoms with Crippen molar-refractivity contribution in [3.05, 3.63) is 65.7 Å². The highest BCUT2D eigenvalue weighted by Gasteiger charge is 2.24. The average molecular weight is 550 g/mol. The Morgan fingerprint density at radius 2 is 2.00 bits per heavy atom. The molecule has 10 nitrogen and oxygen atoms in total. The Balaban J connectivity index is 1.59. The van der Waals surface area contributed by atoms with Crippen LogP contribution >= 0.6 is 0 Å². The number of nitrogens with zero attached hydrogens (tertiary/aromatic N) is 4. The van der Waals surface area contributed by atoms with Crippen LogP contribution in [0.15, 0.2) is 65.1 Å². The quantitative estimate of drug-likeness (QED) is 0.449. The third-order valence-corrected chi connectivity index (χ3v) is 6.58. The Bertz CT molecular complexity index is 1300. The summed E-state index contributed by atoms with van der Waals surface area (Å²) < 4.78 is 16.6. The summed E-state index contributed by atoms with van der Waals surface area (Å²) in [5.74, 6) is 1.24. The van der Waals surface area contributed by atoms with Gasteiger partial charge in [0.1, 0.15) is 17.2 Å². The van der Waals surface area contributed by atoms with Gasteiger partial charge in [0, 0.05) is 56.9 Å². The third kappa shape index (κ3) is 7.00. The summed E-state index contributed by atoms with van der Waals surface area (Å²) >= 11 is 0. The first-order valence-corrected chi connectivity index (χ1v) is 13.4. The highest BCUT2D eigenvalue weighted by atomic mass is 16.6. The molecule has 0 bridgehead atoms. The number of hydrogen-bond acceptors (Lipinski definition) is 9. The van der Waals surface area contributed by atoms with Crippen molar-refractivity contribution in [1.29, 1.82) is 0 Å². The molecule has 10 heteroatoms. The van der Waals surface area contributed by atoms with E-state index in [9.17, 15) is 9.90 Å². The summed E-state index contributed by atoms with van der Waals surface area (Å²) in [5.41, 5.74) is 4.86. The average Bonchev–Trinajstić information content (AvgIpc) is 2.95. The molecule has 0 radical (unpaired) electrons. The fraction of sp³-hybridized carbons (Fsp3) is 0.433. The lowest BCUT2D eigenvalue weighted by atomic mass is 10.0. The van der Waals surface area contributed by atoms with E-state index in [1.807, 2.05) is 51.1 Å². The molecule has 2 aliphatic rings. The summed E-state index contributed by atoms with van der Waals surface area (Å²) in [6.45, 7) is 6.76. The monoisotopic (exact) mass is 549 g/mol. The van der Waals surface area contributed by atoms with Crippen molar-refractivity contribution >= 4 is 34.7 Å². The highest BCUT2D eigenvalue weighted by molar-refractivity contribution is 6.07. The van der Waals surface area contributed by atoms with Crippen LogP contribution in [0.1, 0.15) is 39.2 Å². The predicted octanol–water partition coefficient (Wildman–Crippen LogP) is 5.02. The molecule has 1 aliphatic carbocycles. The molecule has 0 saturated heterocycles. The van der Waals surface area contributed by atoms with Gasteiger partial charge < -0.3 is 29.5 Å². The molecule has 1 aromatic carbocycles. The number of aliphatic hydroxyl groups is 1. The minimum Gasteiger partial charge on any atom is -0.497 e. The molecule has 2 heterocycles. The first-order chi connectivity index (χ1) is 19.1. The summed E-state index contributed by atoms with van der Waals surface area (Å²) in [5, 5.41) is 13.0. The number of ether oxygens (including phenoxy) is 3. The van der Waals surface area contributed by atoms with Crippen LogP contribution in [0.5, 0.6) is 0 Å². The van der Waals surface area contributed by atoms with Crippen LogP contribution in [0, 0.1) is 0 Å². The fourth-order valence-corrected chi connectivity index (χ4v) is 4.49. The second-order valence-corrected chi connectivity index (χ2v) is 10.7. The maximum absolute atomic E-state index is 12.4. The zero-order valence-corrected chi connectivity index (χ0v) is 24.1. The van der Waals surface area contributed by atoms with E-state index in [4.69, 9.17) is 19.2 Å². The zero-order chi connectivity index (χ0) is 28.9. The minimum absolute atomic E-state index is 0.0887. The van der Waals surface area contributed by atoms with E-state index >= 15 is 0 Å². The maximum Gasteiger partial charge on any atom is 0.415 e. The summed E-state index contributed by atoms with van der Waals surface area (Å²) in [7, 11) is 4.97. The number of rotatable bonds is 9. The number of aromatic nitrogens is 1. The highest BCUT2D eigenvalue weighted by Crippen LogP contribution is 2.36. The number of carbonyl (C=O) groups excluding carboxylic acids is 1. The number of aliphatic hydroxyl groups excluding tert-OH is 1. The summed E-state index contributed by atoms with van der Waals surface area (Å²) in [6.07, 6.45) is 6.44. The number of fused-ring (bicyclic) bond motifs is 1. The molecule has 4 rings (SSSR count). The van der Waals surface area contributed by atoms with Gasteiger partial charge in [-0.2, -0.15) is 0 Å². The number of benzene rings is 1. The molecular weight excluding hydrogens is 510 g/mol. The lowest BCUT2D eigenvalue weighted by Crippen LogP contribution is -2.34. The molecule has 1 amide bonds. The van der Waals surface area contributed by atoms with Crippen molar-refractivity contribution in [3.63, 3.8) is 0 Å². The van der Waals surface area contributed by atoms with Crippen molar-refractivity contribution in [2.24, 2.45) is 4.99 Å². The van der Waals surface area contributed by atoms with Crippen molar-refractivity contribution in [3.8, 4) is 0 Å². The van der Waals surface area contributed by atoms with Crippen LogP contribution in [0.3, 0.4) is 0 Å². The normalized spacial score (nSPS) is 16.6. The predicted molar refractivity (Wildman–Crippen MR) is 158 cm³/mol. The van der Waals surface area contributed by atoms with Crippen LogP contribution in [0.4, 0.5) is 27.7 Å². The molecule has 40 heavy (non-hydrogen) atoms. The van der Waals surface area contributed by atoms with Gasteiger partial charge >= 0.3 is 6.09 Å². The molecule has 2 aromatic rings. The van der Waals surface area contributed by atoms with Crippen LogP contribution in [-0.4, -0.2) is 74.6 Å². The number of carbonyl (C=O) groups is 1. The van der Waals surface area contributed by atoms with E-state index in [-0.39, 0.29) is 12.7 Å². The second kappa shape index (κ2) is 12.5. The Morgan fingerprint density at radius 3 is 2.65 bits per heavy atom. The smallest absolute Gasteiger partial charge is 0.415 e. The topological polar surface area (TPSA) is 109 Å². The van der Waals surface area contributed by atoms with Gasteiger partial charge in [0.25, 0.3) is 0 Å². The third-order valence-electron chi connectivity index (χ3n) is 6.58. The van der Waals surface area contributed by atoms with E-state index in [0.717, 1.165) is 39.8 Å². The first-order valence-electron chi connectivity index (χ1n) is 13.4. The molecule has 1 aliphatic heterocycles. The van der Waals surface area contributed by atoms with Gasteiger partial charge in [-0.1, -0.05) is 0 Å². The van der Waals surface area contributed by atoms with Crippen molar-refractivity contribution in [2.45, 2.75) is 45.3 Å². The van der Waals surface area contributed by atoms with E-state index in [1.165, 1.54) is 4.90 Å². The molecule has 214 valence electrons. The SMILES string of the molecule is COC1=CC(OC)CC(N(CCCO)c2ccc3c(c2)N=C(c2ccc(N(C)C(=O)OC(C)(C)C)nc2)CN3)=C1. The number of amides is 1. The molecule has 1 aromatic heterocycles. The van der Waals surface area contributed by atoms with E-state index in [2.05, 4.69) is 21.3 Å². The van der Waals surface area contributed by atoms with Gasteiger partial charge in [-0.05, 0) is 69.7 Å².